The lowest BCUT2D eigenvalue weighted by Crippen LogP contribution is -2.36. The Morgan fingerprint density at radius 3 is 3.07 bits per heavy atom. The third-order valence-corrected chi connectivity index (χ3v) is 2.74. The average molecular weight is 208 g/mol. The fraction of sp³-hybridized carbons (Fsp3) is 0.600. The van der Waals surface area contributed by atoms with Gasteiger partial charge in [0.05, 0.1) is 0 Å². The standard InChI is InChI=1S/C10H16N4O/c1-7-5-9(13-14(7)2)10(15)12-8-3-4-11-6-8/h5,8,11H,3-4,6H2,1-2H3,(H,12,15). The molecule has 1 saturated heterocycles. The number of hydrogen-bond acceptors (Lipinski definition) is 3. The highest BCUT2D eigenvalue weighted by Crippen LogP contribution is 2.03. The minimum Gasteiger partial charge on any atom is -0.347 e. The van der Waals surface area contributed by atoms with E-state index in [1.54, 1.807) is 10.7 Å². The number of rotatable bonds is 2. The van der Waals surface area contributed by atoms with E-state index >= 15 is 0 Å². The summed E-state index contributed by atoms with van der Waals surface area (Å²) >= 11 is 0. The fourth-order valence-corrected chi connectivity index (χ4v) is 1.71. The highest BCUT2D eigenvalue weighted by atomic mass is 16.2. The first-order chi connectivity index (χ1) is 7.16. The minimum atomic E-state index is -0.0765. The summed E-state index contributed by atoms with van der Waals surface area (Å²) < 4.78 is 1.71. The van der Waals surface area contributed by atoms with Crippen molar-refractivity contribution in [3.63, 3.8) is 0 Å². The van der Waals surface area contributed by atoms with Gasteiger partial charge in [-0.15, -0.1) is 0 Å². The molecule has 1 atom stereocenters. The van der Waals surface area contributed by atoms with Crippen LogP contribution in [-0.2, 0) is 7.05 Å². The summed E-state index contributed by atoms with van der Waals surface area (Å²) in [6.07, 6.45) is 0.998. The Bertz CT molecular complexity index is 346. The minimum absolute atomic E-state index is 0.0765. The third kappa shape index (κ3) is 2.18. The molecule has 1 aliphatic heterocycles. The summed E-state index contributed by atoms with van der Waals surface area (Å²) in [5.41, 5.74) is 1.49. The van der Waals surface area contributed by atoms with Gasteiger partial charge in [-0.3, -0.25) is 9.48 Å². The molecular formula is C10H16N4O. The summed E-state index contributed by atoms with van der Waals surface area (Å²) in [7, 11) is 1.84. The van der Waals surface area contributed by atoms with E-state index in [1.807, 2.05) is 14.0 Å². The highest BCUT2D eigenvalue weighted by Gasteiger charge is 2.19. The second-order valence-corrected chi connectivity index (χ2v) is 3.96. The van der Waals surface area contributed by atoms with E-state index in [9.17, 15) is 4.79 Å². The molecule has 5 nitrogen and oxygen atoms in total. The summed E-state index contributed by atoms with van der Waals surface area (Å²) in [5, 5.41) is 10.3. The van der Waals surface area contributed by atoms with Crippen molar-refractivity contribution in [2.45, 2.75) is 19.4 Å². The molecule has 2 N–H and O–H groups in total. The van der Waals surface area contributed by atoms with Crippen LogP contribution in [0.1, 0.15) is 22.6 Å². The Balaban J connectivity index is 2.00. The predicted octanol–water partition coefficient (Wildman–Crippen LogP) is -0.180. The van der Waals surface area contributed by atoms with Gasteiger partial charge in [-0.25, -0.2) is 0 Å². The van der Waals surface area contributed by atoms with Gasteiger partial charge >= 0.3 is 0 Å². The van der Waals surface area contributed by atoms with Crippen LogP contribution in [0.3, 0.4) is 0 Å². The fourth-order valence-electron chi connectivity index (χ4n) is 1.71. The lowest BCUT2D eigenvalue weighted by molar-refractivity contribution is 0.0934. The maximum atomic E-state index is 11.8. The van der Waals surface area contributed by atoms with Gasteiger partial charge in [0.2, 0.25) is 0 Å². The zero-order valence-corrected chi connectivity index (χ0v) is 9.08. The first-order valence-electron chi connectivity index (χ1n) is 5.19. The second-order valence-electron chi connectivity index (χ2n) is 3.96. The number of nitrogens with one attached hydrogen (secondary N) is 2. The number of carbonyl (C=O) groups is 1. The molecule has 1 aliphatic rings. The molecule has 1 amide bonds. The second kappa shape index (κ2) is 4.02. The molecule has 15 heavy (non-hydrogen) atoms. The lowest BCUT2D eigenvalue weighted by Gasteiger charge is -2.09. The quantitative estimate of drug-likeness (QED) is 0.709. The van der Waals surface area contributed by atoms with Crippen LogP contribution in [-0.4, -0.2) is 34.8 Å². The number of nitrogens with zero attached hydrogens (tertiary/aromatic N) is 2. The number of amides is 1. The Kier molecular flexibility index (Phi) is 2.73. The molecule has 1 aromatic rings. The Morgan fingerprint density at radius 1 is 1.73 bits per heavy atom. The van der Waals surface area contributed by atoms with E-state index in [1.165, 1.54) is 0 Å². The van der Waals surface area contributed by atoms with Crippen LogP contribution in [0.2, 0.25) is 0 Å². The summed E-state index contributed by atoms with van der Waals surface area (Å²) in [6.45, 7) is 3.77. The van der Waals surface area contributed by atoms with E-state index in [2.05, 4.69) is 15.7 Å². The number of aryl methyl sites for hydroxylation is 2. The van der Waals surface area contributed by atoms with Crippen molar-refractivity contribution in [3.05, 3.63) is 17.5 Å². The van der Waals surface area contributed by atoms with Gasteiger partial charge in [0.15, 0.2) is 0 Å². The van der Waals surface area contributed by atoms with Crippen molar-refractivity contribution in [1.82, 2.24) is 20.4 Å². The normalized spacial score (nSPS) is 20.5. The van der Waals surface area contributed by atoms with Gasteiger partial charge in [0, 0.05) is 25.3 Å². The van der Waals surface area contributed by atoms with Crippen molar-refractivity contribution in [2.24, 2.45) is 7.05 Å². The molecule has 0 aliphatic carbocycles. The van der Waals surface area contributed by atoms with Crippen LogP contribution in [0.15, 0.2) is 6.07 Å². The molecule has 0 radical (unpaired) electrons. The van der Waals surface area contributed by atoms with Crippen molar-refractivity contribution < 1.29 is 4.79 Å². The molecule has 0 saturated carbocycles. The maximum Gasteiger partial charge on any atom is 0.272 e. The van der Waals surface area contributed by atoms with Crippen LogP contribution in [0.5, 0.6) is 0 Å². The van der Waals surface area contributed by atoms with Gasteiger partial charge < -0.3 is 10.6 Å². The van der Waals surface area contributed by atoms with Crippen molar-refractivity contribution in [2.75, 3.05) is 13.1 Å². The highest BCUT2D eigenvalue weighted by molar-refractivity contribution is 5.92. The van der Waals surface area contributed by atoms with Crippen LogP contribution in [0, 0.1) is 6.92 Å². The Hall–Kier alpha value is -1.36. The molecule has 0 bridgehead atoms. The molecule has 82 valence electrons. The molecule has 0 aromatic carbocycles. The number of hydrogen-bond donors (Lipinski definition) is 2. The smallest absolute Gasteiger partial charge is 0.272 e. The largest absolute Gasteiger partial charge is 0.347 e. The van der Waals surface area contributed by atoms with Gasteiger partial charge in [0.25, 0.3) is 5.91 Å². The van der Waals surface area contributed by atoms with Gasteiger partial charge in [0.1, 0.15) is 5.69 Å². The summed E-state index contributed by atoms with van der Waals surface area (Å²) in [4.78, 5) is 11.8. The van der Waals surface area contributed by atoms with Crippen LogP contribution < -0.4 is 10.6 Å². The lowest BCUT2D eigenvalue weighted by atomic mass is 10.2. The zero-order valence-electron chi connectivity index (χ0n) is 9.08. The Morgan fingerprint density at radius 2 is 2.53 bits per heavy atom. The Labute approximate surface area is 88.8 Å². The molecule has 5 heteroatoms. The van der Waals surface area contributed by atoms with Crippen LogP contribution in [0.25, 0.3) is 0 Å². The van der Waals surface area contributed by atoms with Crippen LogP contribution >= 0.6 is 0 Å². The van der Waals surface area contributed by atoms with Crippen molar-refractivity contribution in [1.29, 1.82) is 0 Å². The first kappa shape index (κ1) is 10.2. The van der Waals surface area contributed by atoms with E-state index in [-0.39, 0.29) is 11.9 Å². The maximum absolute atomic E-state index is 11.8. The number of aromatic nitrogens is 2. The molecular weight excluding hydrogens is 192 g/mol. The van der Waals surface area contributed by atoms with Crippen molar-refractivity contribution >= 4 is 5.91 Å². The number of carbonyl (C=O) groups excluding carboxylic acids is 1. The molecule has 0 spiro atoms. The predicted molar refractivity (Wildman–Crippen MR) is 56.7 cm³/mol. The zero-order chi connectivity index (χ0) is 10.8. The summed E-state index contributed by atoms with van der Waals surface area (Å²) in [6, 6.07) is 2.05. The average Bonchev–Trinajstić information content (AvgIpc) is 2.78. The van der Waals surface area contributed by atoms with Crippen LogP contribution in [0.4, 0.5) is 0 Å². The van der Waals surface area contributed by atoms with E-state index in [0.29, 0.717) is 5.69 Å². The van der Waals surface area contributed by atoms with E-state index in [0.717, 1.165) is 25.2 Å². The molecule has 2 rings (SSSR count). The van der Waals surface area contributed by atoms with E-state index in [4.69, 9.17) is 0 Å². The van der Waals surface area contributed by atoms with Crippen molar-refractivity contribution in [3.8, 4) is 0 Å². The molecule has 1 aromatic heterocycles. The van der Waals surface area contributed by atoms with Gasteiger partial charge in [-0.1, -0.05) is 0 Å². The van der Waals surface area contributed by atoms with Gasteiger partial charge in [-0.05, 0) is 26.0 Å². The SMILES string of the molecule is Cc1cc(C(=O)NC2CCNC2)nn1C. The topological polar surface area (TPSA) is 59.0 Å². The molecule has 2 heterocycles. The molecule has 1 unspecified atom stereocenters. The first-order valence-corrected chi connectivity index (χ1v) is 5.19. The summed E-state index contributed by atoms with van der Waals surface area (Å²) in [5.74, 6) is -0.0765. The molecule has 1 fully saturated rings. The monoisotopic (exact) mass is 208 g/mol. The van der Waals surface area contributed by atoms with Gasteiger partial charge in [-0.2, -0.15) is 5.10 Å². The third-order valence-electron chi connectivity index (χ3n) is 2.74. The van der Waals surface area contributed by atoms with E-state index < -0.39 is 0 Å².